The van der Waals surface area contributed by atoms with E-state index in [0.29, 0.717) is 18.7 Å². The number of benzene rings is 2. The van der Waals surface area contributed by atoms with E-state index in [1.165, 1.54) is 23.3 Å². The van der Waals surface area contributed by atoms with Gasteiger partial charge in [-0.15, -0.1) is 0 Å². The van der Waals surface area contributed by atoms with Gasteiger partial charge in [0.15, 0.2) is 0 Å². The molecule has 0 aliphatic carbocycles. The predicted molar refractivity (Wildman–Crippen MR) is 95.4 cm³/mol. The maximum Gasteiger partial charge on any atom is 0.387 e. The molecule has 1 heterocycles. The largest absolute Gasteiger partial charge is 0.435 e. The van der Waals surface area contributed by atoms with Crippen LogP contribution in [0.15, 0.2) is 48.5 Å². The lowest BCUT2D eigenvalue weighted by Gasteiger charge is -2.35. The van der Waals surface area contributed by atoms with Crippen molar-refractivity contribution in [3.05, 3.63) is 65.2 Å². The van der Waals surface area contributed by atoms with Gasteiger partial charge in [0.1, 0.15) is 5.75 Å². The van der Waals surface area contributed by atoms with Crippen LogP contribution in [0.25, 0.3) is 0 Å². The minimum Gasteiger partial charge on any atom is -0.435 e. The van der Waals surface area contributed by atoms with Crippen molar-refractivity contribution < 1.29 is 18.3 Å². The fraction of sp³-hybridized carbons (Fsp3) is 0.350. The van der Waals surface area contributed by atoms with Crippen molar-refractivity contribution >= 4 is 5.91 Å². The molecule has 1 amide bonds. The number of amides is 1. The zero-order valence-corrected chi connectivity index (χ0v) is 14.7. The molecule has 0 unspecified atom stereocenters. The highest BCUT2D eigenvalue weighted by atomic mass is 19.3. The molecule has 0 bridgehead atoms. The summed E-state index contributed by atoms with van der Waals surface area (Å²) in [5.41, 5.74) is 2.93. The lowest BCUT2D eigenvalue weighted by Crippen LogP contribution is -2.48. The highest BCUT2D eigenvalue weighted by molar-refractivity contribution is 5.94. The topological polar surface area (TPSA) is 32.8 Å². The first-order valence-electron chi connectivity index (χ1n) is 8.64. The molecular formula is C20H22F2N2O2. The molecule has 26 heavy (non-hydrogen) atoms. The standard InChI is InChI=1S/C20H22F2N2O2/c1-15-5-2-3-6-17(15)14-23-9-11-24(12-10-23)19(25)16-7-4-8-18(13-16)26-20(21)22/h2-8,13,20H,9-12,14H2,1H3. The molecule has 0 radical (unpaired) electrons. The molecule has 138 valence electrons. The summed E-state index contributed by atoms with van der Waals surface area (Å²) in [5, 5.41) is 0. The number of ether oxygens (including phenoxy) is 1. The summed E-state index contributed by atoms with van der Waals surface area (Å²) in [6, 6.07) is 14.3. The molecule has 0 saturated carbocycles. The maximum absolute atomic E-state index is 12.6. The summed E-state index contributed by atoms with van der Waals surface area (Å²) in [6.45, 7) is 2.87. The van der Waals surface area contributed by atoms with Gasteiger partial charge in [-0.1, -0.05) is 30.3 Å². The van der Waals surface area contributed by atoms with E-state index in [0.717, 1.165) is 19.6 Å². The minimum absolute atomic E-state index is 0.00374. The van der Waals surface area contributed by atoms with Crippen LogP contribution in [0, 0.1) is 6.92 Å². The van der Waals surface area contributed by atoms with Gasteiger partial charge >= 0.3 is 6.61 Å². The van der Waals surface area contributed by atoms with Crippen LogP contribution >= 0.6 is 0 Å². The first kappa shape index (κ1) is 18.3. The van der Waals surface area contributed by atoms with Gasteiger partial charge in [-0.25, -0.2) is 0 Å². The van der Waals surface area contributed by atoms with E-state index in [-0.39, 0.29) is 11.7 Å². The molecule has 4 nitrogen and oxygen atoms in total. The van der Waals surface area contributed by atoms with Crippen LogP contribution in [0.1, 0.15) is 21.5 Å². The Hall–Kier alpha value is -2.47. The number of carbonyl (C=O) groups is 1. The van der Waals surface area contributed by atoms with Gasteiger partial charge in [0.2, 0.25) is 0 Å². The normalized spacial score (nSPS) is 15.3. The van der Waals surface area contributed by atoms with Gasteiger partial charge in [0.05, 0.1) is 0 Å². The maximum atomic E-state index is 12.6. The zero-order chi connectivity index (χ0) is 18.5. The number of halogens is 2. The molecule has 0 spiro atoms. The van der Waals surface area contributed by atoms with Crippen molar-refractivity contribution in [1.29, 1.82) is 0 Å². The van der Waals surface area contributed by atoms with Gasteiger partial charge in [0, 0.05) is 38.3 Å². The van der Waals surface area contributed by atoms with Gasteiger partial charge in [0.25, 0.3) is 5.91 Å². The fourth-order valence-electron chi connectivity index (χ4n) is 3.13. The van der Waals surface area contributed by atoms with Crippen LogP contribution in [0.5, 0.6) is 5.75 Å². The fourth-order valence-corrected chi connectivity index (χ4v) is 3.13. The second-order valence-corrected chi connectivity index (χ2v) is 6.40. The number of aryl methyl sites for hydroxylation is 1. The Morgan fingerprint density at radius 1 is 1.08 bits per heavy atom. The third-order valence-electron chi connectivity index (χ3n) is 4.62. The Balaban J connectivity index is 1.58. The Bertz CT molecular complexity index is 759. The van der Waals surface area contributed by atoms with Gasteiger partial charge in [-0.05, 0) is 36.2 Å². The smallest absolute Gasteiger partial charge is 0.387 e. The van der Waals surface area contributed by atoms with E-state index in [1.54, 1.807) is 17.0 Å². The van der Waals surface area contributed by atoms with Crippen LogP contribution in [-0.2, 0) is 6.54 Å². The average Bonchev–Trinajstić information content (AvgIpc) is 2.63. The third-order valence-corrected chi connectivity index (χ3v) is 4.62. The Morgan fingerprint density at radius 3 is 2.50 bits per heavy atom. The Morgan fingerprint density at radius 2 is 1.81 bits per heavy atom. The molecule has 0 aromatic heterocycles. The lowest BCUT2D eigenvalue weighted by atomic mass is 10.1. The molecule has 6 heteroatoms. The van der Waals surface area contributed by atoms with Gasteiger partial charge in [-0.3, -0.25) is 9.69 Å². The molecule has 1 aliphatic heterocycles. The highest BCUT2D eigenvalue weighted by Crippen LogP contribution is 2.19. The summed E-state index contributed by atoms with van der Waals surface area (Å²) < 4.78 is 29.0. The predicted octanol–water partition coefficient (Wildman–Crippen LogP) is 3.55. The first-order valence-corrected chi connectivity index (χ1v) is 8.64. The van der Waals surface area contributed by atoms with E-state index in [4.69, 9.17) is 0 Å². The van der Waals surface area contributed by atoms with Crippen molar-refractivity contribution in [3.63, 3.8) is 0 Å². The van der Waals surface area contributed by atoms with E-state index in [2.05, 4.69) is 28.7 Å². The van der Waals surface area contributed by atoms with Crippen LogP contribution in [0.3, 0.4) is 0 Å². The van der Waals surface area contributed by atoms with E-state index in [1.807, 2.05) is 12.1 Å². The third kappa shape index (κ3) is 4.58. The summed E-state index contributed by atoms with van der Waals surface area (Å²) in [4.78, 5) is 16.7. The van der Waals surface area contributed by atoms with Crippen molar-refractivity contribution in [2.75, 3.05) is 26.2 Å². The van der Waals surface area contributed by atoms with Crippen LogP contribution in [0.2, 0.25) is 0 Å². The molecule has 1 aliphatic rings. The molecule has 1 saturated heterocycles. The van der Waals surface area contributed by atoms with Crippen LogP contribution < -0.4 is 4.74 Å². The van der Waals surface area contributed by atoms with Crippen LogP contribution in [0.4, 0.5) is 8.78 Å². The average molecular weight is 360 g/mol. The molecule has 2 aromatic carbocycles. The number of hydrogen-bond acceptors (Lipinski definition) is 3. The van der Waals surface area contributed by atoms with E-state index >= 15 is 0 Å². The van der Waals surface area contributed by atoms with E-state index in [9.17, 15) is 13.6 Å². The summed E-state index contributed by atoms with van der Waals surface area (Å²) in [7, 11) is 0. The van der Waals surface area contributed by atoms with Crippen molar-refractivity contribution in [2.45, 2.75) is 20.1 Å². The SMILES string of the molecule is Cc1ccccc1CN1CCN(C(=O)c2cccc(OC(F)F)c2)CC1. The molecule has 0 N–H and O–H groups in total. The number of carbonyl (C=O) groups excluding carboxylic acids is 1. The summed E-state index contributed by atoms with van der Waals surface area (Å²) in [5.74, 6) is -0.149. The summed E-state index contributed by atoms with van der Waals surface area (Å²) >= 11 is 0. The monoisotopic (exact) mass is 360 g/mol. The zero-order valence-electron chi connectivity index (χ0n) is 14.7. The van der Waals surface area contributed by atoms with Gasteiger partial charge < -0.3 is 9.64 Å². The number of alkyl halides is 2. The first-order chi connectivity index (χ1) is 12.5. The number of hydrogen-bond donors (Lipinski definition) is 0. The second-order valence-electron chi connectivity index (χ2n) is 6.40. The van der Waals surface area contributed by atoms with Gasteiger partial charge in [-0.2, -0.15) is 8.78 Å². The number of rotatable bonds is 5. The highest BCUT2D eigenvalue weighted by Gasteiger charge is 2.22. The molecule has 0 atom stereocenters. The van der Waals surface area contributed by atoms with Crippen molar-refractivity contribution in [3.8, 4) is 5.75 Å². The number of piperazine rings is 1. The Kier molecular flexibility index (Phi) is 5.83. The van der Waals surface area contributed by atoms with Crippen LogP contribution in [-0.4, -0.2) is 48.5 Å². The van der Waals surface area contributed by atoms with Crippen molar-refractivity contribution in [1.82, 2.24) is 9.80 Å². The lowest BCUT2D eigenvalue weighted by molar-refractivity contribution is -0.0499. The second kappa shape index (κ2) is 8.27. The molecule has 2 aromatic rings. The minimum atomic E-state index is -2.90. The number of nitrogens with zero attached hydrogens (tertiary/aromatic N) is 2. The van der Waals surface area contributed by atoms with E-state index < -0.39 is 6.61 Å². The van der Waals surface area contributed by atoms with Crippen molar-refractivity contribution in [2.24, 2.45) is 0 Å². The summed E-state index contributed by atoms with van der Waals surface area (Å²) in [6.07, 6.45) is 0. The Labute approximate surface area is 152 Å². The quantitative estimate of drug-likeness (QED) is 0.817. The molecular weight excluding hydrogens is 338 g/mol. The molecule has 1 fully saturated rings. The molecule has 3 rings (SSSR count).